The number of Topliss-reactive ketones (excluding diaryl/α,β-unsaturated/α-hetero) is 1. The summed E-state index contributed by atoms with van der Waals surface area (Å²) in [6, 6.07) is 11.4. The number of para-hydroxylation sites is 1. The molecule has 2 aromatic carbocycles. The molecule has 3 aromatic rings. The van der Waals surface area contributed by atoms with Crippen molar-refractivity contribution >= 4 is 17.4 Å². The molecule has 0 bridgehead atoms. The number of aryl methyl sites for hydroxylation is 1. The second-order valence-corrected chi connectivity index (χ2v) is 10.8. The molecule has 0 unspecified atom stereocenters. The summed E-state index contributed by atoms with van der Waals surface area (Å²) in [5.74, 6) is -3.02. The van der Waals surface area contributed by atoms with Crippen molar-refractivity contribution in [3.05, 3.63) is 87.5 Å². The molecule has 0 saturated carbocycles. The number of nitrogens with zero attached hydrogens (tertiary/aromatic N) is 2. The maximum atomic E-state index is 15.4. The van der Waals surface area contributed by atoms with Crippen molar-refractivity contribution in [1.82, 2.24) is 9.78 Å². The fourth-order valence-corrected chi connectivity index (χ4v) is 5.76. The molecule has 13 heteroatoms. The van der Waals surface area contributed by atoms with Crippen LogP contribution >= 0.6 is 0 Å². The fraction of sp³-hybridized carbons (Fsp3) is 0.321. The summed E-state index contributed by atoms with van der Waals surface area (Å²) in [7, 11) is 0. The van der Waals surface area contributed by atoms with E-state index in [-0.39, 0.29) is 35.6 Å². The number of hydrogen-bond acceptors (Lipinski definition) is 4. The summed E-state index contributed by atoms with van der Waals surface area (Å²) in [4.78, 5) is 42.3. The van der Waals surface area contributed by atoms with Crippen molar-refractivity contribution < 1.29 is 40.7 Å². The molecule has 1 N–H and O–H groups in total. The molecule has 0 fully saturated rings. The minimum atomic E-state index is -5.42. The minimum absolute atomic E-state index is 0.0368. The molecular formula is C28H23F6N3O4. The summed E-state index contributed by atoms with van der Waals surface area (Å²) in [6.45, 7) is 4.57. The molecule has 2 aliphatic rings. The first-order chi connectivity index (χ1) is 19.0. The van der Waals surface area contributed by atoms with Crippen LogP contribution in [-0.4, -0.2) is 34.0 Å². The van der Waals surface area contributed by atoms with Gasteiger partial charge in [0.15, 0.2) is 5.78 Å². The Labute approximate surface area is 229 Å². The number of H-pyrrole nitrogens is 1. The molecule has 0 radical (unpaired) electrons. The molecule has 1 atom stereocenters. The number of alkyl halides is 6. The largest absolute Gasteiger partial charge is 0.573 e. The molecule has 41 heavy (non-hydrogen) atoms. The number of aromatic nitrogens is 2. The Balaban J connectivity index is 1.76. The second kappa shape index (κ2) is 9.11. The maximum Gasteiger partial charge on any atom is 0.573 e. The normalized spacial score (nSPS) is 21.0. The molecule has 2 heterocycles. The number of ether oxygens (including phenoxy) is 1. The van der Waals surface area contributed by atoms with Crippen LogP contribution < -0.4 is 15.2 Å². The van der Waals surface area contributed by atoms with Gasteiger partial charge in [-0.05, 0) is 55.2 Å². The van der Waals surface area contributed by atoms with Crippen LogP contribution in [0.5, 0.6) is 5.75 Å². The lowest BCUT2D eigenvalue weighted by atomic mass is 9.66. The second-order valence-electron chi connectivity index (χ2n) is 10.8. The third kappa shape index (κ3) is 4.43. The first-order valence-electron chi connectivity index (χ1n) is 12.4. The highest BCUT2D eigenvalue weighted by molar-refractivity contribution is 6.20. The first-order valence-corrected chi connectivity index (χ1v) is 12.4. The van der Waals surface area contributed by atoms with Gasteiger partial charge in [0, 0.05) is 29.1 Å². The van der Waals surface area contributed by atoms with Gasteiger partial charge in [-0.25, -0.2) is 4.68 Å². The Morgan fingerprint density at radius 3 is 2.02 bits per heavy atom. The predicted octanol–water partition coefficient (Wildman–Crippen LogP) is 5.86. The number of allylic oxidation sites excluding steroid dienone is 1. The molecule has 5 rings (SSSR count). The molecule has 1 aliphatic carbocycles. The third-order valence-corrected chi connectivity index (χ3v) is 7.24. The highest BCUT2D eigenvalue weighted by Crippen LogP contribution is 2.58. The SMILES string of the molecule is Cc1[nH]n(-c2ccc(OC(F)(F)F)cc2)c(=O)c1[C@]1(C(F)(F)F)C(=O)N(c2ccccc2)C2=C1C(=O)CC(C)(C)C2. The van der Waals surface area contributed by atoms with Gasteiger partial charge in [0.25, 0.3) is 11.5 Å². The molecule has 216 valence electrons. The number of hydrogen-bond donors (Lipinski definition) is 1. The Morgan fingerprint density at radius 1 is 0.854 bits per heavy atom. The summed E-state index contributed by atoms with van der Waals surface area (Å²) in [6.07, 6.45) is -10.7. The van der Waals surface area contributed by atoms with Gasteiger partial charge in [-0.3, -0.25) is 24.4 Å². The minimum Gasteiger partial charge on any atom is -0.406 e. The zero-order valence-electron chi connectivity index (χ0n) is 21.9. The van der Waals surface area contributed by atoms with E-state index in [0.717, 1.165) is 36.1 Å². The van der Waals surface area contributed by atoms with Crippen LogP contribution in [0, 0.1) is 12.3 Å². The molecule has 1 amide bonds. The number of carbonyl (C=O) groups is 2. The standard InChI is InChI=1S/C28H23F6N3O4/c1-15-21(23(39)37(35-15)17-9-11-18(12-10-17)41-28(32,33)34)26(27(29,30)31)22-19(13-25(2,3)14-20(22)38)36(24(26)40)16-7-5-4-6-8-16/h4-12,35H,13-14H2,1-3H3/t26-/m1/s1. The molecule has 1 aliphatic heterocycles. The van der Waals surface area contributed by atoms with Gasteiger partial charge in [0.05, 0.1) is 11.3 Å². The van der Waals surface area contributed by atoms with Crippen LogP contribution in [0.3, 0.4) is 0 Å². The van der Waals surface area contributed by atoms with Gasteiger partial charge < -0.3 is 4.74 Å². The van der Waals surface area contributed by atoms with Crippen LogP contribution in [0.15, 0.2) is 70.7 Å². The molecule has 0 saturated heterocycles. The molecule has 0 spiro atoms. The van der Waals surface area contributed by atoms with Crippen molar-refractivity contribution in [3.63, 3.8) is 0 Å². The average molecular weight is 579 g/mol. The van der Waals surface area contributed by atoms with Gasteiger partial charge in [-0.1, -0.05) is 32.0 Å². The third-order valence-electron chi connectivity index (χ3n) is 7.24. The fourth-order valence-electron chi connectivity index (χ4n) is 5.76. The van der Waals surface area contributed by atoms with Crippen molar-refractivity contribution in [2.24, 2.45) is 5.41 Å². The number of nitrogens with one attached hydrogen (secondary N) is 1. The van der Waals surface area contributed by atoms with Gasteiger partial charge >= 0.3 is 12.5 Å². The number of rotatable bonds is 4. The summed E-state index contributed by atoms with van der Waals surface area (Å²) < 4.78 is 88.5. The Bertz CT molecular complexity index is 1630. The van der Waals surface area contributed by atoms with Crippen molar-refractivity contribution in [2.75, 3.05) is 4.90 Å². The number of ketones is 1. The van der Waals surface area contributed by atoms with E-state index in [4.69, 9.17) is 0 Å². The summed E-state index contributed by atoms with van der Waals surface area (Å²) in [5.41, 5.74) is -7.91. The van der Waals surface area contributed by atoms with Crippen molar-refractivity contribution in [1.29, 1.82) is 0 Å². The van der Waals surface area contributed by atoms with E-state index in [0.29, 0.717) is 4.68 Å². The summed E-state index contributed by atoms with van der Waals surface area (Å²) in [5, 5.41) is 2.51. The van der Waals surface area contributed by atoms with Crippen LogP contribution in [-0.2, 0) is 15.0 Å². The topological polar surface area (TPSA) is 84.4 Å². The Hall–Kier alpha value is -4.29. The van der Waals surface area contributed by atoms with E-state index in [2.05, 4.69) is 9.84 Å². The highest BCUT2D eigenvalue weighted by atomic mass is 19.4. The molecule has 1 aromatic heterocycles. The maximum absolute atomic E-state index is 15.4. The smallest absolute Gasteiger partial charge is 0.406 e. The van der Waals surface area contributed by atoms with Crippen LogP contribution in [0.1, 0.15) is 37.9 Å². The van der Waals surface area contributed by atoms with Gasteiger partial charge in [0.1, 0.15) is 5.75 Å². The zero-order valence-corrected chi connectivity index (χ0v) is 21.9. The number of anilines is 1. The number of aromatic amines is 1. The van der Waals surface area contributed by atoms with Gasteiger partial charge in [0.2, 0.25) is 5.41 Å². The number of halogens is 6. The first kappa shape index (κ1) is 28.2. The average Bonchev–Trinajstić information content (AvgIpc) is 3.28. The predicted molar refractivity (Wildman–Crippen MR) is 135 cm³/mol. The van der Waals surface area contributed by atoms with E-state index in [9.17, 15) is 27.6 Å². The molecule has 7 nitrogen and oxygen atoms in total. The number of amides is 1. The van der Waals surface area contributed by atoms with E-state index >= 15 is 13.2 Å². The van der Waals surface area contributed by atoms with Crippen molar-refractivity contribution in [2.45, 2.75) is 51.6 Å². The lowest BCUT2D eigenvalue weighted by molar-refractivity contribution is -0.274. The van der Waals surface area contributed by atoms with Crippen LogP contribution in [0.25, 0.3) is 5.69 Å². The highest BCUT2D eigenvalue weighted by Gasteiger charge is 2.73. The Morgan fingerprint density at radius 2 is 1.46 bits per heavy atom. The lowest BCUT2D eigenvalue weighted by Crippen LogP contribution is -2.55. The van der Waals surface area contributed by atoms with E-state index in [1.54, 1.807) is 19.9 Å². The monoisotopic (exact) mass is 579 g/mol. The van der Waals surface area contributed by atoms with E-state index < -0.39 is 57.5 Å². The number of benzene rings is 2. The Kier molecular flexibility index (Phi) is 6.28. The van der Waals surface area contributed by atoms with Crippen LogP contribution in [0.2, 0.25) is 0 Å². The van der Waals surface area contributed by atoms with E-state index in [1.807, 2.05) is 0 Å². The quantitative estimate of drug-likeness (QED) is 0.393. The van der Waals surface area contributed by atoms with Crippen LogP contribution in [0.4, 0.5) is 32.0 Å². The van der Waals surface area contributed by atoms with Gasteiger partial charge in [-0.2, -0.15) is 13.2 Å². The number of carbonyl (C=O) groups excluding carboxylic acids is 2. The van der Waals surface area contributed by atoms with Crippen molar-refractivity contribution in [3.8, 4) is 11.4 Å². The van der Waals surface area contributed by atoms with Gasteiger partial charge in [-0.15, -0.1) is 13.2 Å². The molecular weight excluding hydrogens is 556 g/mol. The zero-order chi connectivity index (χ0) is 30.1. The van der Waals surface area contributed by atoms with E-state index in [1.165, 1.54) is 24.3 Å². The summed E-state index contributed by atoms with van der Waals surface area (Å²) >= 11 is 0. The lowest BCUT2D eigenvalue weighted by Gasteiger charge is -2.35.